The number of thioether (sulfide) groups is 1. The van der Waals surface area contributed by atoms with Crippen molar-refractivity contribution in [2.75, 3.05) is 0 Å². The minimum absolute atomic E-state index is 0.804. The van der Waals surface area contributed by atoms with E-state index in [4.69, 9.17) is 11.6 Å². The highest BCUT2D eigenvalue weighted by molar-refractivity contribution is 7.98. The van der Waals surface area contributed by atoms with Gasteiger partial charge in [-0.1, -0.05) is 35.9 Å². The molecule has 0 saturated heterocycles. The topological polar surface area (TPSA) is 30.7 Å². The van der Waals surface area contributed by atoms with E-state index in [1.54, 1.807) is 24.2 Å². The second-order valence-electron chi connectivity index (χ2n) is 5.74. The quantitative estimate of drug-likeness (QED) is 0.436. The van der Waals surface area contributed by atoms with Crippen LogP contribution in [0.3, 0.4) is 0 Å². The van der Waals surface area contributed by atoms with Crippen molar-refractivity contribution in [2.24, 2.45) is 0 Å². The Balaban J connectivity index is 1.58. The van der Waals surface area contributed by atoms with E-state index in [1.165, 1.54) is 5.56 Å². The molecule has 0 radical (unpaired) electrons. The van der Waals surface area contributed by atoms with E-state index in [1.807, 2.05) is 31.2 Å². The molecular formula is C20H16ClN3S. The normalized spacial score (nSPS) is 11.1. The predicted molar refractivity (Wildman–Crippen MR) is 105 cm³/mol. The summed E-state index contributed by atoms with van der Waals surface area (Å²) in [6, 6.07) is 18.5. The molecule has 0 amide bonds. The summed E-state index contributed by atoms with van der Waals surface area (Å²) < 4.78 is 2.15. The van der Waals surface area contributed by atoms with E-state index in [-0.39, 0.29) is 0 Å². The molecule has 2 aromatic heterocycles. The molecule has 2 aromatic carbocycles. The third-order valence-electron chi connectivity index (χ3n) is 4.05. The standard InChI is InChI=1S/C20H16ClN3S/c1-14-23-18-12-22-11-10-19(18)24(14)16-8-6-15(7-9-16)13-25-20-5-3-2-4-17(20)21/h2-12H,13H2,1H3. The van der Waals surface area contributed by atoms with E-state index < -0.39 is 0 Å². The van der Waals surface area contributed by atoms with Gasteiger partial charge in [0.1, 0.15) is 11.3 Å². The molecule has 0 spiro atoms. The number of nitrogens with zero attached hydrogens (tertiary/aromatic N) is 3. The van der Waals surface area contributed by atoms with Crippen molar-refractivity contribution in [1.29, 1.82) is 0 Å². The average Bonchev–Trinajstić information content (AvgIpc) is 2.97. The Hall–Kier alpha value is -2.30. The number of imidazole rings is 1. The third-order valence-corrected chi connectivity index (χ3v) is 5.64. The van der Waals surface area contributed by atoms with E-state index in [0.717, 1.165) is 38.2 Å². The summed E-state index contributed by atoms with van der Waals surface area (Å²) in [5, 5.41) is 0.804. The van der Waals surface area contributed by atoms with Crippen LogP contribution in [0, 0.1) is 6.92 Å². The number of benzene rings is 2. The molecule has 0 N–H and O–H groups in total. The molecule has 4 rings (SSSR count). The summed E-state index contributed by atoms with van der Waals surface area (Å²) in [4.78, 5) is 9.83. The van der Waals surface area contributed by atoms with Gasteiger partial charge < -0.3 is 0 Å². The highest BCUT2D eigenvalue weighted by Crippen LogP contribution is 2.30. The summed E-state index contributed by atoms with van der Waals surface area (Å²) in [5.41, 5.74) is 4.36. The van der Waals surface area contributed by atoms with E-state index in [0.29, 0.717) is 0 Å². The highest BCUT2D eigenvalue weighted by Gasteiger charge is 2.09. The summed E-state index contributed by atoms with van der Waals surface area (Å²) in [5.74, 6) is 1.85. The van der Waals surface area contributed by atoms with Gasteiger partial charge in [0.25, 0.3) is 0 Å². The molecule has 0 fully saturated rings. The Bertz CT molecular complexity index is 1020. The Kier molecular flexibility index (Phi) is 4.47. The van der Waals surface area contributed by atoms with E-state index >= 15 is 0 Å². The Morgan fingerprint density at radius 3 is 2.64 bits per heavy atom. The van der Waals surface area contributed by atoms with Gasteiger partial charge in [0, 0.05) is 22.5 Å². The van der Waals surface area contributed by atoms with Crippen LogP contribution in [0.25, 0.3) is 16.7 Å². The first kappa shape index (κ1) is 16.2. The molecule has 0 aliphatic heterocycles. The van der Waals surface area contributed by atoms with Crippen LogP contribution in [0.5, 0.6) is 0 Å². The lowest BCUT2D eigenvalue weighted by Gasteiger charge is -2.09. The molecule has 0 aliphatic carbocycles. The van der Waals surface area contributed by atoms with Crippen molar-refractivity contribution in [3.8, 4) is 5.69 Å². The van der Waals surface area contributed by atoms with Crippen LogP contribution >= 0.6 is 23.4 Å². The number of hydrogen-bond acceptors (Lipinski definition) is 3. The number of halogens is 1. The van der Waals surface area contributed by atoms with Gasteiger partial charge in [0.2, 0.25) is 0 Å². The molecule has 4 aromatic rings. The van der Waals surface area contributed by atoms with Crippen molar-refractivity contribution in [1.82, 2.24) is 14.5 Å². The number of pyridine rings is 1. The lowest BCUT2D eigenvalue weighted by Crippen LogP contribution is -1.97. The fraction of sp³-hybridized carbons (Fsp3) is 0.100. The van der Waals surface area contributed by atoms with Gasteiger partial charge in [0.15, 0.2) is 0 Å². The molecule has 0 atom stereocenters. The Morgan fingerprint density at radius 1 is 1.04 bits per heavy atom. The maximum absolute atomic E-state index is 6.22. The van der Waals surface area contributed by atoms with Gasteiger partial charge >= 0.3 is 0 Å². The zero-order valence-electron chi connectivity index (χ0n) is 13.7. The van der Waals surface area contributed by atoms with Crippen molar-refractivity contribution < 1.29 is 0 Å². The van der Waals surface area contributed by atoms with Crippen LogP contribution in [-0.4, -0.2) is 14.5 Å². The van der Waals surface area contributed by atoms with E-state index in [9.17, 15) is 0 Å². The van der Waals surface area contributed by atoms with E-state index in [2.05, 4.69) is 44.9 Å². The number of aromatic nitrogens is 3. The monoisotopic (exact) mass is 365 g/mol. The zero-order chi connectivity index (χ0) is 17.2. The van der Waals surface area contributed by atoms with Gasteiger partial charge in [-0.25, -0.2) is 4.98 Å². The molecule has 5 heteroatoms. The first-order chi connectivity index (χ1) is 12.2. The molecule has 25 heavy (non-hydrogen) atoms. The lowest BCUT2D eigenvalue weighted by atomic mass is 10.2. The van der Waals surface area contributed by atoms with Crippen molar-refractivity contribution in [3.63, 3.8) is 0 Å². The number of aryl methyl sites for hydroxylation is 1. The van der Waals surface area contributed by atoms with Crippen LogP contribution in [0.15, 0.2) is 71.9 Å². The predicted octanol–water partition coefficient (Wildman–Crippen LogP) is 5.67. The molecule has 0 unspecified atom stereocenters. The second kappa shape index (κ2) is 6.90. The van der Waals surface area contributed by atoms with Crippen LogP contribution in [0.2, 0.25) is 5.02 Å². The third kappa shape index (κ3) is 3.28. The van der Waals surface area contributed by atoms with Gasteiger partial charge in [-0.15, -0.1) is 11.8 Å². The largest absolute Gasteiger partial charge is 0.296 e. The minimum Gasteiger partial charge on any atom is -0.296 e. The maximum Gasteiger partial charge on any atom is 0.111 e. The zero-order valence-corrected chi connectivity index (χ0v) is 15.3. The molecule has 3 nitrogen and oxygen atoms in total. The summed E-state index contributed by atoms with van der Waals surface area (Å²) >= 11 is 7.97. The number of rotatable bonds is 4. The van der Waals surface area contributed by atoms with Crippen LogP contribution in [-0.2, 0) is 5.75 Å². The van der Waals surface area contributed by atoms with Crippen molar-refractivity contribution >= 4 is 34.4 Å². The SMILES string of the molecule is Cc1nc2cnccc2n1-c1ccc(CSc2ccccc2Cl)cc1. The Morgan fingerprint density at radius 2 is 1.84 bits per heavy atom. The van der Waals surface area contributed by atoms with Crippen molar-refractivity contribution in [3.05, 3.63) is 83.4 Å². The summed E-state index contributed by atoms with van der Waals surface area (Å²) in [7, 11) is 0. The van der Waals surface area contributed by atoms with Gasteiger partial charge in [-0.05, 0) is 42.8 Å². The average molecular weight is 366 g/mol. The van der Waals surface area contributed by atoms with Crippen LogP contribution < -0.4 is 0 Å². The molecule has 124 valence electrons. The fourth-order valence-corrected chi connectivity index (χ4v) is 4.04. The molecule has 0 bridgehead atoms. The highest BCUT2D eigenvalue weighted by atomic mass is 35.5. The summed E-state index contributed by atoms with van der Waals surface area (Å²) in [6.07, 6.45) is 3.60. The summed E-state index contributed by atoms with van der Waals surface area (Å²) in [6.45, 7) is 2.02. The molecule has 2 heterocycles. The molecule has 0 saturated carbocycles. The first-order valence-corrected chi connectivity index (χ1v) is 9.34. The van der Waals surface area contributed by atoms with Gasteiger partial charge in [0.05, 0.1) is 16.7 Å². The molecular weight excluding hydrogens is 350 g/mol. The van der Waals surface area contributed by atoms with Crippen molar-refractivity contribution in [2.45, 2.75) is 17.6 Å². The second-order valence-corrected chi connectivity index (χ2v) is 7.17. The molecule has 0 aliphatic rings. The lowest BCUT2D eigenvalue weighted by molar-refractivity contribution is 1.000. The fourth-order valence-electron chi connectivity index (χ4n) is 2.84. The smallest absolute Gasteiger partial charge is 0.111 e. The maximum atomic E-state index is 6.22. The Labute approximate surface area is 155 Å². The van der Waals surface area contributed by atoms with Gasteiger partial charge in [-0.3, -0.25) is 9.55 Å². The van der Waals surface area contributed by atoms with Crippen LogP contribution in [0.4, 0.5) is 0 Å². The minimum atomic E-state index is 0.804. The number of hydrogen-bond donors (Lipinski definition) is 0. The first-order valence-electron chi connectivity index (χ1n) is 7.98. The van der Waals surface area contributed by atoms with Crippen LogP contribution in [0.1, 0.15) is 11.4 Å². The number of fused-ring (bicyclic) bond motifs is 1. The van der Waals surface area contributed by atoms with Gasteiger partial charge in [-0.2, -0.15) is 0 Å².